The Labute approximate surface area is 106 Å². The van der Waals surface area contributed by atoms with Crippen molar-refractivity contribution in [1.82, 2.24) is 15.1 Å². The van der Waals surface area contributed by atoms with E-state index in [-0.39, 0.29) is 24.5 Å². The van der Waals surface area contributed by atoms with Crippen molar-refractivity contribution in [1.29, 1.82) is 0 Å². The Balaban J connectivity index is 1.67. The highest BCUT2D eigenvalue weighted by atomic mass is 16.3. The van der Waals surface area contributed by atoms with Crippen LogP contribution in [0.25, 0.3) is 0 Å². The first kappa shape index (κ1) is 11.9. The molecule has 3 rings (SSSR count). The van der Waals surface area contributed by atoms with E-state index in [9.17, 15) is 9.59 Å². The molecular weight excluding hydrogens is 234 g/mol. The van der Waals surface area contributed by atoms with Gasteiger partial charge in [0.25, 0.3) is 0 Å². The maximum Gasteiger partial charge on any atom is 0.248 e. The van der Waals surface area contributed by atoms with Gasteiger partial charge in [-0.05, 0) is 18.8 Å². The predicted octanol–water partition coefficient (Wildman–Crippen LogP) is -1.60. The quantitative estimate of drug-likeness (QED) is 0.635. The van der Waals surface area contributed by atoms with Crippen LogP contribution in [0.5, 0.6) is 0 Å². The molecule has 3 fully saturated rings. The van der Waals surface area contributed by atoms with Crippen LogP contribution in [-0.2, 0) is 9.59 Å². The van der Waals surface area contributed by atoms with E-state index >= 15 is 0 Å². The standard InChI is InChI=1S/C12H19N3O3/c16-7-9-12(18)15-4-3-14(5-8-1-2-8)6-10(15)11(17)13-9/h8-10,16H,1-7H2,(H,13,17)/t9-,10-/m1/s1. The van der Waals surface area contributed by atoms with Crippen LogP contribution in [0.2, 0.25) is 0 Å². The van der Waals surface area contributed by atoms with Crippen LogP contribution in [0, 0.1) is 5.92 Å². The Morgan fingerprint density at radius 2 is 2.06 bits per heavy atom. The molecule has 0 aromatic heterocycles. The van der Waals surface area contributed by atoms with Gasteiger partial charge in [0.1, 0.15) is 12.1 Å². The number of hydrogen-bond acceptors (Lipinski definition) is 4. The highest BCUT2D eigenvalue weighted by molar-refractivity contribution is 5.97. The summed E-state index contributed by atoms with van der Waals surface area (Å²) in [7, 11) is 0. The average Bonchev–Trinajstić information content (AvgIpc) is 3.17. The van der Waals surface area contributed by atoms with Crippen molar-refractivity contribution in [3.63, 3.8) is 0 Å². The lowest BCUT2D eigenvalue weighted by atomic mass is 10.0. The lowest BCUT2D eigenvalue weighted by Crippen LogP contribution is -2.69. The molecule has 0 bridgehead atoms. The zero-order chi connectivity index (χ0) is 12.7. The van der Waals surface area contributed by atoms with Gasteiger partial charge in [-0.25, -0.2) is 0 Å². The SMILES string of the molecule is O=C1N[C@H](CO)C(=O)N2CCN(CC3CC3)C[C@H]12. The monoisotopic (exact) mass is 253 g/mol. The second-order valence-electron chi connectivity index (χ2n) is 5.49. The van der Waals surface area contributed by atoms with Crippen molar-refractivity contribution in [2.45, 2.75) is 24.9 Å². The maximum atomic E-state index is 12.0. The van der Waals surface area contributed by atoms with Crippen LogP contribution in [0.4, 0.5) is 0 Å². The van der Waals surface area contributed by atoms with Gasteiger partial charge in [-0.15, -0.1) is 0 Å². The fourth-order valence-electron chi connectivity index (χ4n) is 2.81. The van der Waals surface area contributed by atoms with Gasteiger partial charge in [0, 0.05) is 26.2 Å². The number of fused-ring (bicyclic) bond motifs is 1. The van der Waals surface area contributed by atoms with E-state index in [2.05, 4.69) is 10.2 Å². The molecule has 2 heterocycles. The molecule has 18 heavy (non-hydrogen) atoms. The van der Waals surface area contributed by atoms with E-state index in [1.807, 2.05) is 0 Å². The molecular formula is C12H19N3O3. The third kappa shape index (κ3) is 2.10. The number of nitrogens with zero attached hydrogens (tertiary/aromatic N) is 2. The van der Waals surface area contributed by atoms with E-state index in [0.29, 0.717) is 13.1 Å². The number of nitrogens with one attached hydrogen (secondary N) is 1. The van der Waals surface area contributed by atoms with Gasteiger partial charge in [0.15, 0.2) is 0 Å². The number of rotatable bonds is 3. The lowest BCUT2D eigenvalue weighted by Gasteiger charge is -2.45. The van der Waals surface area contributed by atoms with E-state index in [1.165, 1.54) is 12.8 Å². The number of carbonyl (C=O) groups is 2. The molecule has 0 radical (unpaired) electrons. The zero-order valence-corrected chi connectivity index (χ0v) is 10.3. The number of hydrogen-bond donors (Lipinski definition) is 2. The molecule has 2 amide bonds. The summed E-state index contributed by atoms with van der Waals surface area (Å²) >= 11 is 0. The van der Waals surface area contributed by atoms with Gasteiger partial charge >= 0.3 is 0 Å². The molecule has 6 nitrogen and oxygen atoms in total. The fourth-order valence-corrected chi connectivity index (χ4v) is 2.81. The highest BCUT2D eigenvalue weighted by Gasteiger charge is 2.43. The van der Waals surface area contributed by atoms with Gasteiger partial charge in [-0.2, -0.15) is 0 Å². The summed E-state index contributed by atoms with van der Waals surface area (Å²) in [6, 6.07) is -1.11. The van der Waals surface area contributed by atoms with Crippen LogP contribution in [-0.4, -0.2) is 71.6 Å². The average molecular weight is 253 g/mol. The Hall–Kier alpha value is -1.14. The van der Waals surface area contributed by atoms with Crippen LogP contribution >= 0.6 is 0 Å². The summed E-state index contributed by atoms with van der Waals surface area (Å²) < 4.78 is 0. The molecule has 2 saturated heterocycles. The van der Waals surface area contributed by atoms with Crippen molar-refractivity contribution in [3.05, 3.63) is 0 Å². The lowest BCUT2D eigenvalue weighted by molar-refractivity contribution is -0.154. The molecule has 0 spiro atoms. The van der Waals surface area contributed by atoms with E-state index < -0.39 is 6.04 Å². The molecule has 2 atom stereocenters. The molecule has 0 aromatic rings. The number of carbonyl (C=O) groups excluding carboxylic acids is 2. The topological polar surface area (TPSA) is 72.9 Å². The number of piperazine rings is 2. The normalized spacial score (nSPS) is 33.3. The minimum absolute atomic E-state index is 0.130. The summed E-state index contributed by atoms with van der Waals surface area (Å²) in [5.41, 5.74) is 0. The summed E-state index contributed by atoms with van der Waals surface area (Å²) in [5.74, 6) is 0.520. The van der Waals surface area contributed by atoms with Gasteiger partial charge in [-0.1, -0.05) is 0 Å². The summed E-state index contributed by atoms with van der Waals surface area (Å²) in [5, 5.41) is 11.7. The fraction of sp³-hybridized carbons (Fsp3) is 0.833. The Morgan fingerprint density at radius 1 is 1.28 bits per heavy atom. The third-order valence-electron chi connectivity index (χ3n) is 4.06. The van der Waals surface area contributed by atoms with Crippen LogP contribution in [0.1, 0.15) is 12.8 Å². The van der Waals surface area contributed by atoms with Crippen LogP contribution in [0.15, 0.2) is 0 Å². The summed E-state index contributed by atoms with van der Waals surface area (Å²) in [4.78, 5) is 27.9. The van der Waals surface area contributed by atoms with Crippen molar-refractivity contribution in [2.75, 3.05) is 32.8 Å². The predicted molar refractivity (Wildman–Crippen MR) is 63.7 cm³/mol. The number of amides is 2. The van der Waals surface area contributed by atoms with Crippen LogP contribution < -0.4 is 5.32 Å². The minimum atomic E-state index is -0.747. The second-order valence-corrected chi connectivity index (χ2v) is 5.49. The smallest absolute Gasteiger partial charge is 0.248 e. The number of aliphatic hydroxyl groups is 1. The van der Waals surface area contributed by atoms with Crippen molar-refractivity contribution < 1.29 is 14.7 Å². The van der Waals surface area contributed by atoms with Gasteiger partial charge < -0.3 is 15.3 Å². The van der Waals surface area contributed by atoms with Crippen molar-refractivity contribution in [2.24, 2.45) is 5.92 Å². The zero-order valence-electron chi connectivity index (χ0n) is 10.3. The first-order chi connectivity index (χ1) is 8.69. The maximum absolute atomic E-state index is 12.0. The van der Waals surface area contributed by atoms with Crippen molar-refractivity contribution in [3.8, 4) is 0 Å². The molecule has 2 aliphatic heterocycles. The highest BCUT2D eigenvalue weighted by Crippen LogP contribution is 2.30. The molecule has 1 saturated carbocycles. The molecule has 0 aromatic carbocycles. The van der Waals surface area contributed by atoms with E-state index in [4.69, 9.17) is 5.11 Å². The van der Waals surface area contributed by atoms with E-state index in [1.54, 1.807) is 4.90 Å². The first-order valence-electron chi connectivity index (χ1n) is 6.63. The Morgan fingerprint density at radius 3 is 2.72 bits per heavy atom. The Bertz CT molecular complexity index is 370. The third-order valence-corrected chi connectivity index (χ3v) is 4.06. The number of aliphatic hydroxyl groups excluding tert-OH is 1. The second kappa shape index (κ2) is 4.51. The van der Waals surface area contributed by atoms with Gasteiger partial charge in [0.2, 0.25) is 11.8 Å². The summed E-state index contributed by atoms with van der Waals surface area (Å²) in [6.45, 7) is 2.80. The largest absolute Gasteiger partial charge is 0.394 e. The summed E-state index contributed by atoms with van der Waals surface area (Å²) in [6.07, 6.45) is 2.59. The molecule has 2 N–H and O–H groups in total. The molecule has 0 unspecified atom stereocenters. The molecule has 3 aliphatic rings. The molecule has 100 valence electrons. The minimum Gasteiger partial charge on any atom is -0.394 e. The van der Waals surface area contributed by atoms with Gasteiger partial charge in [-0.3, -0.25) is 14.5 Å². The van der Waals surface area contributed by atoms with Crippen LogP contribution in [0.3, 0.4) is 0 Å². The molecule has 6 heteroatoms. The van der Waals surface area contributed by atoms with E-state index in [0.717, 1.165) is 19.0 Å². The molecule has 1 aliphatic carbocycles. The van der Waals surface area contributed by atoms with Crippen molar-refractivity contribution >= 4 is 11.8 Å². The first-order valence-corrected chi connectivity index (χ1v) is 6.63. The van der Waals surface area contributed by atoms with Gasteiger partial charge in [0.05, 0.1) is 6.61 Å². The Kier molecular flexibility index (Phi) is 2.99.